The monoisotopic (exact) mass is 389 g/mol. The Kier molecular flexibility index (Phi) is 6.26. The summed E-state index contributed by atoms with van der Waals surface area (Å²) in [5, 5.41) is 4.26. The Morgan fingerprint density at radius 2 is 2.00 bits per heavy atom. The molecular formula is C24H39NO3. The average Bonchev–Trinajstić information content (AvgIpc) is 2.95. The molecule has 0 unspecified atom stereocenters. The zero-order valence-electron chi connectivity index (χ0n) is 18.5. The van der Waals surface area contributed by atoms with E-state index in [1.54, 1.807) is 7.11 Å². The van der Waals surface area contributed by atoms with E-state index in [0.717, 1.165) is 12.8 Å². The van der Waals surface area contributed by atoms with Crippen LogP contribution in [0.1, 0.15) is 72.6 Å². The van der Waals surface area contributed by atoms with E-state index in [-0.39, 0.29) is 16.8 Å². The molecule has 4 heteroatoms. The molecule has 3 fully saturated rings. The third-order valence-electron chi connectivity index (χ3n) is 8.76. The van der Waals surface area contributed by atoms with Gasteiger partial charge >= 0.3 is 5.97 Å². The fourth-order valence-corrected chi connectivity index (χ4v) is 6.81. The largest absolute Gasteiger partial charge is 0.466 e. The molecule has 28 heavy (non-hydrogen) atoms. The number of hydrogen-bond donors (Lipinski definition) is 0. The van der Waals surface area contributed by atoms with E-state index >= 15 is 0 Å². The summed E-state index contributed by atoms with van der Waals surface area (Å²) in [5.74, 6) is 2.47. The molecule has 3 aliphatic carbocycles. The van der Waals surface area contributed by atoms with Gasteiger partial charge in [-0.25, -0.2) is 0 Å². The molecule has 0 N–H and O–H groups in total. The van der Waals surface area contributed by atoms with Gasteiger partial charge in [0.25, 0.3) is 0 Å². The third-order valence-corrected chi connectivity index (χ3v) is 8.76. The SMILES string of the molecule is C=C1CC[C@H]2[C@H](/C=N\OC)[C@@H]([C@@]3(C)CC[C@H](C)C[C@@H]3COC(C)=O)CC[C@]12C. The number of fused-ring (bicyclic) bond motifs is 1. The lowest BCUT2D eigenvalue weighted by atomic mass is 9.49. The summed E-state index contributed by atoms with van der Waals surface area (Å²) in [4.78, 5) is 16.6. The summed E-state index contributed by atoms with van der Waals surface area (Å²) in [7, 11) is 1.63. The molecule has 0 spiro atoms. The Morgan fingerprint density at radius 1 is 1.25 bits per heavy atom. The Hall–Kier alpha value is -1.32. The van der Waals surface area contributed by atoms with Gasteiger partial charge in [-0.15, -0.1) is 0 Å². The second-order valence-electron chi connectivity index (χ2n) is 10.2. The smallest absolute Gasteiger partial charge is 0.302 e. The number of rotatable bonds is 5. The van der Waals surface area contributed by atoms with Crippen LogP contribution in [0.2, 0.25) is 0 Å². The lowest BCUT2D eigenvalue weighted by Gasteiger charge is -2.56. The normalized spacial score (nSPS) is 43.8. The topological polar surface area (TPSA) is 47.9 Å². The summed E-state index contributed by atoms with van der Waals surface area (Å²) in [6.07, 6.45) is 10.4. The highest BCUT2D eigenvalue weighted by Crippen LogP contribution is 2.63. The molecular weight excluding hydrogens is 350 g/mol. The molecule has 0 aromatic carbocycles. The van der Waals surface area contributed by atoms with E-state index in [9.17, 15) is 4.79 Å². The van der Waals surface area contributed by atoms with Crippen molar-refractivity contribution >= 4 is 12.2 Å². The van der Waals surface area contributed by atoms with Crippen molar-refractivity contribution in [3.05, 3.63) is 12.2 Å². The van der Waals surface area contributed by atoms with E-state index in [4.69, 9.17) is 9.57 Å². The maximum Gasteiger partial charge on any atom is 0.302 e. The Balaban J connectivity index is 1.92. The van der Waals surface area contributed by atoms with Crippen LogP contribution >= 0.6 is 0 Å². The maximum atomic E-state index is 11.5. The number of esters is 1. The zero-order valence-corrected chi connectivity index (χ0v) is 18.5. The van der Waals surface area contributed by atoms with Gasteiger partial charge in [0, 0.05) is 19.1 Å². The molecule has 0 bridgehead atoms. The summed E-state index contributed by atoms with van der Waals surface area (Å²) >= 11 is 0. The van der Waals surface area contributed by atoms with Gasteiger partial charge in [-0.1, -0.05) is 44.5 Å². The number of carbonyl (C=O) groups is 1. The molecule has 3 aliphatic rings. The Labute approximate surface area is 171 Å². The van der Waals surface area contributed by atoms with Crippen molar-refractivity contribution in [1.82, 2.24) is 0 Å². The minimum atomic E-state index is -0.165. The van der Waals surface area contributed by atoms with Crippen LogP contribution in [0.4, 0.5) is 0 Å². The number of oxime groups is 1. The zero-order chi connectivity index (χ0) is 20.5. The van der Waals surface area contributed by atoms with Crippen molar-refractivity contribution < 1.29 is 14.4 Å². The van der Waals surface area contributed by atoms with Gasteiger partial charge in [0.15, 0.2) is 0 Å². The lowest BCUT2D eigenvalue weighted by molar-refractivity contribution is -0.147. The number of nitrogens with zero attached hydrogens (tertiary/aromatic N) is 1. The van der Waals surface area contributed by atoms with Gasteiger partial charge in [0.1, 0.15) is 7.11 Å². The highest BCUT2D eigenvalue weighted by atomic mass is 16.6. The first-order valence-electron chi connectivity index (χ1n) is 11.1. The van der Waals surface area contributed by atoms with Gasteiger partial charge in [-0.05, 0) is 73.0 Å². The first-order chi connectivity index (χ1) is 13.2. The van der Waals surface area contributed by atoms with E-state index in [1.165, 1.54) is 44.6 Å². The molecule has 0 aromatic heterocycles. The first-order valence-corrected chi connectivity index (χ1v) is 11.1. The van der Waals surface area contributed by atoms with Crippen molar-refractivity contribution in [3.63, 3.8) is 0 Å². The molecule has 0 aliphatic heterocycles. The fourth-order valence-electron chi connectivity index (χ4n) is 6.81. The minimum Gasteiger partial charge on any atom is -0.466 e. The van der Waals surface area contributed by atoms with Gasteiger partial charge < -0.3 is 9.57 Å². The summed E-state index contributed by atoms with van der Waals surface area (Å²) in [6, 6.07) is 0. The van der Waals surface area contributed by atoms with Crippen LogP contribution < -0.4 is 0 Å². The molecule has 3 rings (SSSR count). The van der Waals surface area contributed by atoms with E-state index in [2.05, 4.69) is 38.7 Å². The predicted octanol–water partition coefficient (Wildman–Crippen LogP) is 5.62. The van der Waals surface area contributed by atoms with Crippen LogP contribution in [-0.4, -0.2) is 25.9 Å². The van der Waals surface area contributed by atoms with Crippen LogP contribution in [0.25, 0.3) is 0 Å². The van der Waals surface area contributed by atoms with Crippen LogP contribution in [0, 0.1) is 40.4 Å². The standard InChI is InChI=1S/C24H39NO3/c1-16-9-11-24(5,19(13-16)15-28-18(3)26)22-10-12-23(4)17(2)7-8-21(23)20(22)14-25-27-6/h14,16,19-22H,2,7-13,15H2,1,3-6H3/b25-14-/t16-,19+,20-,21-,22-,23+,24-/m0/s1. The highest BCUT2D eigenvalue weighted by Gasteiger charge is 2.56. The molecule has 0 amide bonds. The van der Waals surface area contributed by atoms with Gasteiger partial charge in [-0.3, -0.25) is 4.79 Å². The molecule has 0 radical (unpaired) electrons. The van der Waals surface area contributed by atoms with E-state index in [1.807, 2.05) is 0 Å². The van der Waals surface area contributed by atoms with E-state index in [0.29, 0.717) is 36.2 Å². The van der Waals surface area contributed by atoms with Crippen molar-refractivity contribution in [1.29, 1.82) is 0 Å². The molecule has 0 heterocycles. The number of ether oxygens (including phenoxy) is 1. The van der Waals surface area contributed by atoms with Crippen molar-refractivity contribution in [2.45, 2.75) is 72.6 Å². The Morgan fingerprint density at radius 3 is 2.68 bits per heavy atom. The van der Waals surface area contributed by atoms with Crippen LogP contribution in [0.15, 0.2) is 17.3 Å². The van der Waals surface area contributed by atoms with Crippen molar-refractivity contribution in [2.24, 2.45) is 45.6 Å². The molecule has 0 saturated heterocycles. The minimum absolute atomic E-state index is 0.164. The van der Waals surface area contributed by atoms with Gasteiger partial charge in [0.2, 0.25) is 0 Å². The number of allylic oxidation sites excluding steroid dienone is 1. The highest BCUT2D eigenvalue weighted by molar-refractivity contribution is 5.66. The van der Waals surface area contributed by atoms with Crippen LogP contribution in [-0.2, 0) is 14.4 Å². The second kappa shape index (κ2) is 8.20. The first kappa shape index (κ1) is 21.4. The number of hydrogen-bond acceptors (Lipinski definition) is 4. The second-order valence-corrected chi connectivity index (χ2v) is 10.2. The van der Waals surface area contributed by atoms with Crippen molar-refractivity contribution in [3.8, 4) is 0 Å². The van der Waals surface area contributed by atoms with Crippen LogP contribution in [0.3, 0.4) is 0 Å². The van der Waals surface area contributed by atoms with Gasteiger partial charge in [-0.2, -0.15) is 0 Å². The molecule has 0 aromatic rings. The fraction of sp³-hybridized carbons (Fsp3) is 0.833. The molecule has 158 valence electrons. The summed E-state index contributed by atoms with van der Waals surface area (Å²) in [6.45, 7) is 13.7. The number of carbonyl (C=O) groups excluding carboxylic acids is 1. The van der Waals surface area contributed by atoms with E-state index < -0.39 is 0 Å². The molecule has 3 saturated carbocycles. The summed E-state index contributed by atoms with van der Waals surface area (Å²) < 4.78 is 5.54. The van der Waals surface area contributed by atoms with Gasteiger partial charge in [0.05, 0.1) is 6.61 Å². The molecule has 4 nitrogen and oxygen atoms in total. The van der Waals surface area contributed by atoms with Crippen LogP contribution in [0.5, 0.6) is 0 Å². The summed E-state index contributed by atoms with van der Waals surface area (Å²) in [5.41, 5.74) is 1.81. The maximum absolute atomic E-state index is 11.5. The van der Waals surface area contributed by atoms with Crippen molar-refractivity contribution in [2.75, 3.05) is 13.7 Å². The third kappa shape index (κ3) is 3.76. The lowest BCUT2D eigenvalue weighted by Crippen LogP contribution is -2.51. The molecule has 7 atom stereocenters. The predicted molar refractivity (Wildman–Crippen MR) is 113 cm³/mol. The average molecular weight is 390 g/mol. The Bertz CT molecular complexity index is 629. The quantitative estimate of drug-likeness (QED) is 0.265.